The number of rotatable bonds is 5. The quantitative estimate of drug-likeness (QED) is 0.416. The van der Waals surface area contributed by atoms with Crippen molar-refractivity contribution in [3.05, 3.63) is 69.1 Å². The van der Waals surface area contributed by atoms with Crippen LogP contribution in [-0.2, 0) is 4.79 Å². The topological polar surface area (TPSA) is 70.9 Å². The highest BCUT2D eigenvalue weighted by Gasteiger charge is 2.04. The van der Waals surface area contributed by atoms with Gasteiger partial charge in [0, 0.05) is 14.5 Å². The van der Waals surface area contributed by atoms with Gasteiger partial charge < -0.3 is 9.84 Å². The molecule has 3 aromatic carbocycles. The van der Waals surface area contributed by atoms with E-state index < -0.39 is 5.91 Å². The molecular formula is C19H14Br2N2O3. The van der Waals surface area contributed by atoms with E-state index in [-0.39, 0.29) is 12.4 Å². The van der Waals surface area contributed by atoms with Crippen LogP contribution in [0.4, 0.5) is 0 Å². The van der Waals surface area contributed by atoms with Gasteiger partial charge in [-0.3, -0.25) is 4.79 Å². The van der Waals surface area contributed by atoms with Crippen LogP contribution < -0.4 is 10.2 Å². The number of phenolic OH excluding ortho intramolecular Hbond substituents is 1. The Labute approximate surface area is 166 Å². The van der Waals surface area contributed by atoms with Gasteiger partial charge in [-0.15, -0.1) is 0 Å². The Bertz CT molecular complexity index is 990. The molecule has 0 spiro atoms. The number of aromatic hydroxyl groups is 1. The molecule has 0 atom stereocenters. The summed E-state index contributed by atoms with van der Waals surface area (Å²) in [6.07, 6.45) is 1.37. The van der Waals surface area contributed by atoms with Crippen LogP contribution in [0.1, 0.15) is 5.56 Å². The second kappa shape index (κ2) is 8.33. The van der Waals surface area contributed by atoms with Crippen molar-refractivity contribution in [1.29, 1.82) is 0 Å². The van der Waals surface area contributed by atoms with Crippen molar-refractivity contribution < 1.29 is 14.6 Å². The fraction of sp³-hybridized carbons (Fsp3) is 0.0526. The maximum Gasteiger partial charge on any atom is 0.277 e. The highest BCUT2D eigenvalue weighted by molar-refractivity contribution is 9.10. The minimum Gasteiger partial charge on any atom is -0.507 e. The lowest BCUT2D eigenvalue weighted by Gasteiger charge is -2.07. The zero-order valence-electron chi connectivity index (χ0n) is 13.4. The molecule has 1 amide bonds. The lowest BCUT2D eigenvalue weighted by Crippen LogP contribution is -2.24. The largest absolute Gasteiger partial charge is 0.507 e. The number of amides is 1. The molecule has 0 saturated carbocycles. The minimum absolute atomic E-state index is 0.0743. The van der Waals surface area contributed by atoms with Gasteiger partial charge in [0.2, 0.25) is 0 Å². The van der Waals surface area contributed by atoms with Crippen LogP contribution in [0, 0.1) is 0 Å². The molecule has 0 saturated heterocycles. The van der Waals surface area contributed by atoms with Gasteiger partial charge in [0.15, 0.2) is 6.61 Å². The lowest BCUT2D eigenvalue weighted by atomic mass is 10.1. The van der Waals surface area contributed by atoms with Crippen LogP contribution in [0.15, 0.2) is 68.6 Å². The fourth-order valence-corrected chi connectivity index (χ4v) is 3.03. The third-order valence-electron chi connectivity index (χ3n) is 3.53. The van der Waals surface area contributed by atoms with Gasteiger partial charge in [0.1, 0.15) is 11.5 Å². The number of ether oxygens (including phenoxy) is 1. The average Bonchev–Trinajstić information content (AvgIpc) is 2.62. The Kier molecular flexibility index (Phi) is 5.90. The maximum absolute atomic E-state index is 11.8. The molecule has 0 aliphatic heterocycles. The zero-order valence-corrected chi connectivity index (χ0v) is 16.6. The van der Waals surface area contributed by atoms with Crippen molar-refractivity contribution in [2.45, 2.75) is 0 Å². The van der Waals surface area contributed by atoms with Crippen LogP contribution in [0.2, 0.25) is 0 Å². The smallest absolute Gasteiger partial charge is 0.277 e. The molecule has 0 radical (unpaired) electrons. The first-order chi connectivity index (χ1) is 12.5. The molecule has 3 rings (SSSR count). The molecule has 5 nitrogen and oxygen atoms in total. The molecule has 0 fully saturated rings. The van der Waals surface area contributed by atoms with Gasteiger partial charge in [0.05, 0.1) is 6.21 Å². The van der Waals surface area contributed by atoms with Crippen LogP contribution >= 0.6 is 31.9 Å². The molecule has 26 heavy (non-hydrogen) atoms. The van der Waals surface area contributed by atoms with E-state index in [1.165, 1.54) is 12.3 Å². The van der Waals surface area contributed by atoms with E-state index >= 15 is 0 Å². The Morgan fingerprint density at radius 2 is 1.73 bits per heavy atom. The van der Waals surface area contributed by atoms with Crippen molar-refractivity contribution >= 4 is 54.8 Å². The number of phenols is 1. The van der Waals surface area contributed by atoms with Crippen LogP contribution in [-0.4, -0.2) is 23.8 Å². The maximum atomic E-state index is 11.8. The Balaban J connectivity index is 1.56. The third kappa shape index (κ3) is 4.83. The summed E-state index contributed by atoms with van der Waals surface area (Å²) in [4.78, 5) is 11.8. The van der Waals surface area contributed by atoms with Crippen molar-refractivity contribution in [3.63, 3.8) is 0 Å². The number of fused-ring (bicyclic) bond motifs is 1. The fourth-order valence-electron chi connectivity index (χ4n) is 2.27. The second-order valence-electron chi connectivity index (χ2n) is 5.44. The van der Waals surface area contributed by atoms with Crippen molar-refractivity contribution in [3.8, 4) is 11.5 Å². The molecule has 0 heterocycles. The molecule has 3 aromatic rings. The average molecular weight is 478 g/mol. The van der Waals surface area contributed by atoms with Crippen molar-refractivity contribution in [2.24, 2.45) is 5.10 Å². The van der Waals surface area contributed by atoms with E-state index in [4.69, 9.17) is 4.74 Å². The standard InChI is InChI=1S/C19H14Br2N2O3/c20-15-3-1-13-9-17(5-2-12(13)7-15)26-11-19(25)23-22-10-14-8-16(21)4-6-18(14)24/h1-10,24H,11H2,(H,23,25)/b22-10+. The predicted octanol–water partition coefficient (Wildman–Crippen LogP) is 4.60. The number of hydrazone groups is 1. The molecular weight excluding hydrogens is 464 g/mol. The SMILES string of the molecule is O=C(COc1ccc2cc(Br)ccc2c1)N/N=C/c1cc(Br)ccc1O. The molecule has 7 heteroatoms. The summed E-state index contributed by atoms with van der Waals surface area (Å²) < 4.78 is 7.30. The summed E-state index contributed by atoms with van der Waals surface area (Å²) >= 11 is 6.74. The molecule has 0 unspecified atom stereocenters. The van der Waals surface area contributed by atoms with Crippen LogP contribution in [0.25, 0.3) is 10.8 Å². The number of nitrogens with one attached hydrogen (secondary N) is 1. The predicted molar refractivity (Wildman–Crippen MR) is 109 cm³/mol. The molecule has 132 valence electrons. The summed E-state index contributed by atoms with van der Waals surface area (Å²) in [6.45, 7) is -0.163. The van der Waals surface area contributed by atoms with Crippen molar-refractivity contribution in [1.82, 2.24) is 5.43 Å². The number of hydrogen-bond donors (Lipinski definition) is 2. The number of carbonyl (C=O) groups is 1. The lowest BCUT2D eigenvalue weighted by molar-refractivity contribution is -0.123. The minimum atomic E-state index is -0.397. The van der Waals surface area contributed by atoms with Crippen LogP contribution in [0.5, 0.6) is 11.5 Å². The molecule has 0 aromatic heterocycles. The molecule has 2 N–H and O–H groups in total. The first-order valence-electron chi connectivity index (χ1n) is 7.64. The van der Waals surface area contributed by atoms with Gasteiger partial charge in [-0.2, -0.15) is 5.10 Å². The summed E-state index contributed by atoms with van der Waals surface area (Å²) in [6, 6.07) is 16.5. The van der Waals surface area contributed by atoms with Gasteiger partial charge >= 0.3 is 0 Å². The highest BCUT2D eigenvalue weighted by Crippen LogP contribution is 2.24. The van der Waals surface area contributed by atoms with Gasteiger partial charge in [-0.1, -0.05) is 44.0 Å². The second-order valence-corrected chi connectivity index (χ2v) is 7.27. The number of carbonyl (C=O) groups excluding carboxylic acids is 1. The number of benzene rings is 3. The highest BCUT2D eigenvalue weighted by atomic mass is 79.9. The third-order valence-corrected chi connectivity index (χ3v) is 4.51. The monoisotopic (exact) mass is 476 g/mol. The summed E-state index contributed by atoms with van der Waals surface area (Å²) in [5.41, 5.74) is 2.85. The first-order valence-corrected chi connectivity index (χ1v) is 9.22. The Hall–Kier alpha value is -2.38. The van der Waals surface area contributed by atoms with E-state index in [0.29, 0.717) is 11.3 Å². The van der Waals surface area contributed by atoms with Gasteiger partial charge in [-0.05, 0) is 53.2 Å². The Morgan fingerprint density at radius 3 is 2.58 bits per heavy atom. The van der Waals surface area contributed by atoms with Gasteiger partial charge in [-0.25, -0.2) is 5.43 Å². The summed E-state index contributed by atoms with van der Waals surface area (Å²) in [7, 11) is 0. The molecule has 0 aliphatic rings. The summed E-state index contributed by atoms with van der Waals surface area (Å²) in [5, 5.41) is 15.6. The molecule has 0 aliphatic carbocycles. The van der Waals surface area contributed by atoms with E-state index in [2.05, 4.69) is 42.4 Å². The van der Waals surface area contributed by atoms with Gasteiger partial charge in [0.25, 0.3) is 5.91 Å². The number of hydrogen-bond acceptors (Lipinski definition) is 4. The van der Waals surface area contributed by atoms with E-state index in [0.717, 1.165) is 19.7 Å². The summed E-state index contributed by atoms with van der Waals surface area (Å²) in [5.74, 6) is 0.278. The Morgan fingerprint density at radius 1 is 1.04 bits per heavy atom. The van der Waals surface area contributed by atoms with Crippen molar-refractivity contribution in [2.75, 3.05) is 6.61 Å². The normalized spacial score (nSPS) is 11.0. The first kappa shape index (κ1) is 18.4. The number of nitrogens with zero attached hydrogens (tertiary/aromatic N) is 1. The zero-order chi connectivity index (χ0) is 18.5. The van der Waals surface area contributed by atoms with E-state index in [9.17, 15) is 9.90 Å². The van der Waals surface area contributed by atoms with E-state index in [1.54, 1.807) is 12.1 Å². The van der Waals surface area contributed by atoms with Crippen LogP contribution in [0.3, 0.4) is 0 Å². The molecule has 0 bridgehead atoms. The number of halogens is 2. The van der Waals surface area contributed by atoms with E-state index in [1.807, 2.05) is 36.4 Å².